The zero-order valence-corrected chi connectivity index (χ0v) is 18.0. The molecule has 0 aromatic heterocycles. The Morgan fingerprint density at radius 2 is 1.70 bits per heavy atom. The van der Waals surface area contributed by atoms with E-state index < -0.39 is 0 Å². The number of methoxy groups -OCH3 is 1. The number of fused-ring (bicyclic) bond motifs is 1. The van der Waals surface area contributed by atoms with E-state index in [2.05, 4.69) is 50.9 Å². The molecule has 4 aliphatic heterocycles. The normalized spacial score (nSPS) is 30.7. The summed E-state index contributed by atoms with van der Waals surface area (Å²) in [5.41, 5.74) is 6.45. The first kappa shape index (κ1) is 19.5. The lowest BCUT2D eigenvalue weighted by molar-refractivity contribution is 0.163. The Bertz CT molecular complexity index is 947. The summed E-state index contributed by atoms with van der Waals surface area (Å²) in [4.78, 5) is 5.21. The first-order valence-electron chi connectivity index (χ1n) is 10.5. The number of hydrogen-bond acceptors (Lipinski definition) is 5. The van der Waals surface area contributed by atoms with E-state index >= 15 is 0 Å². The number of para-hydroxylation sites is 2. The highest BCUT2D eigenvalue weighted by atomic mass is 32.1. The molecule has 0 amide bonds. The van der Waals surface area contributed by atoms with E-state index in [1.807, 2.05) is 24.3 Å². The van der Waals surface area contributed by atoms with Crippen LogP contribution >= 0.6 is 12.2 Å². The number of ether oxygens (including phenoxy) is 1. The Kier molecular flexibility index (Phi) is 5.18. The van der Waals surface area contributed by atoms with Crippen LogP contribution in [0, 0.1) is 5.92 Å². The predicted octanol–water partition coefficient (Wildman–Crippen LogP) is 2.54. The lowest BCUT2D eigenvalue weighted by atomic mass is 9.66. The molecule has 6 rings (SSSR count). The van der Waals surface area contributed by atoms with Gasteiger partial charge in [0, 0.05) is 45.2 Å². The zero-order valence-electron chi connectivity index (χ0n) is 17.2. The van der Waals surface area contributed by atoms with Crippen molar-refractivity contribution in [1.29, 1.82) is 0 Å². The van der Waals surface area contributed by atoms with Gasteiger partial charge in [0.05, 0.1) is 23.9 Å². The molecule has 6 nitrogen and oxygen atoms in total. The highest BCUT2D eigenvalue weighted by Gasteiger charge is 2.53. The van der Waals surface area contributed by atoms with E-state index in [0.717, 1.165) is 50.7 Å². The number of thiocarbonyl (C=S) groups is 1. The van der Waals surface area contributed by atoms with Gasteiger partial charge in [-0.3, -0.25) is 5.43 Å². The van der Waals surface area contributed by atoms with Crippen LogP contribution in [0.1, 0.15) is 5.56 Å². The van der Waals surface area contributed by atoms with Gasteiger partial charge in [0.2, 0.25) is 0 Å². The average molecular weight is 422 g/mol. The third-order valence-electron chi connectivity index (χ3n) is 6.51. The van der Waals surface area contributed by atoms with Crippen LogP contribution in [0.15, 0.2) is 59.7 Å². The van der Waals surface area contributed by atoms with Crippen molar-refractivity contribution in [3.05, 3.63) is 60.2 Å². The van der Waals surface area contributed by atoms with Crippen LogP contribution < -0.4 is 15.5 Å². The highest BCUT2D eigenvalue weighted by molar-refractivity contribution is 7.80. The Labute approximate surface area is 182 Å². The zero-order chi connectivity index (χ0) is 20.6. The van der Waals surface area contributed by atoms with Crippen molar-refractivity contribution in [1.82, 2.24) is 15.2 Å². The maximum absolute atomic E-state index is 5.55. The van der Waals surface area contributed by atoms with Crippen molar-refractivity contribution in [2.75, 3.05) is 51.7 Å². The third-order valence-corrected chi connectivity index (χ3v) is 6.71. The van der Waals surface area contributed by atoms with E-state index in [1.54, 1.807) is 7.11 Å². The van der Waals surface area contributed by atoms with Gasteiger partial charge in [0.25, 0.3) is 0 Å². The second kappa shape index (κ2) is 7.98. The number of hydrogen-bond donors (Lipinski definition) is 2. The van der Waals surface area contributed by atoms with Crippen LogP contribution in [0.5, 0.6) is 5.75 Å². The van der Waals surface area contributed by atoms with Gasteiger partial charge in [-0.15, -0.1) is 0 Å². The summed E-state index contributed by atoms with van der Waals surface area (Å²) in [6, 6.07) is 18.6. The summed E-state index contributed by atoms with van der Waals surface area (Å²) in [5, 5.41) is 8.62. The minimum atomic E-state index is -0.0913. The first-order chi connectivity index (χ1) is 14.7. The average Bonchev–Trinajstić information content (AvgIpc) is 3.02. The van der Waals surface area contributed by atoms with E-state index in [9.17, 15) is 0 Å². The van der Waals surface area contributed by atoms with Gasteiger partial charge in [-0.05, 0) is 29.9 Å². The summed E-state index contributed by atoms with van der Waals surface area (Å²) in [6.07, 6.45) is 0. The molecule has 0 aliphatic carbocycles. The SMILES string of the molecule is COc1ccccc1NC(=S)N/N=C1\C2CN3CCN(C2)CC1(c1ccccc1)C3. The summed E-state index contributed by atoms with van der Waals surface area (Å²) >= 11 is 5.55. The first-order valence-corrected chi connectivity index (χ1v) is 10.9. The van der Waals surface area contributed by atoms with Gasteiger partial charge in [0.15, 0.2) is 5.11 Å². The second-order valence-electron chi connectivity index (χ2n) is 8.38. The molecule has 7 heteroatoms. The summed E-state index contributed by atoms with van der Waals surface area (Å²) in [7, 11) is 1.66. The number of benzene rings is 2. The molecule has 0 spiro atoms. The molecule has 4 fully saturated rings. The van der Waals surface area contributed by atoms with Gasteiger partial charge in [-0.2, -0.15) is 5.10 Å². The van der Waals surface area contributed by atoms with Crippen molar-refractivity contribution in [2.45, 2.75) is 5.41 Å². The summed E-state index contributed by atoms with van der Waals surface area (Å²) in [6.45, 7) is 6.43. The smallest absolute Gasteiger partial charge is 0.191 e. The van der Waals surface area contributed by atoms with Crippen molar-refractivity contribution in [3.8, 4) is 5.75 Å². The van der Waals surface area contributed by atoms with Crippen molar-refractivity contribution < 1.29 is 4.74 Å². The van der Waals surface area contributed by atoms with Crippen LogP contribution in [0.2, 0.25) is 0 Å². The van der Waals surface area contributed by atoms with Crippen LogP contribution in [0.4, 0.5) is 5.69 Å². The van der Waals surface area contributed by atoms with Gasteiger partial charge < -0.3 is 19.9 Å². The quantitative estimate of drug-likeness (QED) is 0.585. The van der Waals surface area contributed by atoms with Crippen LogP contribution in [-0.2, 0) is 5.41 Å². The Balaban J connectivity index is 1.43. The number of rotatable bonds is 4. The topological polar surface area (TPSA) is 52.1 Å². The molecule has 4 saturated heterocycles. The molecular weight excluding hydrogens is 394 g/mol. The van der Waals surface area contributed by atoms with E-state index in [0.29, 0.717) is 11.0 Å². The minimum absolute atomic E-state index is 0.0913. The maximum atomic E-state index is 5.55. The number of anilines is 1. The standard InChI is InChI=1S/C23H27N5OS/c1-29-20-10-6-5-9-19(20)24-22(30)26-25-21-17-13-27-11-12-28(14-17)16-23(21,15-27)18-7-3-2-4-8-18/h2-10,17H,11-16H2,1H3,(H2,24,26,30)/b25-21+. The fraction of sp³-hybridized carbons (Fsp3) is 0.391. The number of piperidine rings is 2. The largest absolute Gasteiger partial charge is 0.495 e. The van der Waals surface area contributed by atoms with E-state index in [1.165, 1.54) is 11.3 Å². The van der Waals surface area contributed by atoms with Gasteiger partial charge in [-0.1, -0.05) is 42.5 Å². The fourth-order valence-electron chi connectivity index (χ4n) is 5.27. The van der Waals surface area contributed by atoms with Crippen molar-refractivity contribution >= 4 is 28.7 Å². The van der Waals surface area contributed by atoms with E-state index in [-0.39, 0.29) is 5.41 Å². The van der Waals surface area contributed by atoms with Crippen LogP contribution in [0.3, 0.4) is 0 Å². The fourth-order valence-corrected chi connectivity index (χ4v) is 5.42. The summed E-state index contributed by atoms with van der Waals surface area (Å²) in [5.74, 6) is 1.17. The molecular formula is C23H27N5OS. The van der Waals surface area contributed by atoms with Gasteiger partial charge >= 0.3 is 0 Å². The second-order valence-corrected chi connectivity index (χ2v) is 8.79. The molecule has 4 aliphatic rings. The molecule has 156 valence electrons. The number of hydrazone groups is 1. The number of nitrogens with zero attached hydrogens (tertiary/aromatic N) is 3. The minimum Gasteiger partial charge on any atom is -0.495 e. The van der Waals surface area contributed by atoms with Crippen molar-refractivity contribution in [2.24, 2.45) is 11.0 Å². The van der Waals surface area contributed by atoms with Gasteiger partial charge in [-0.25, -0.2) is 0 Å². The Morgan fingerprint density at radius 1 is 1.03 bits per heavy atom. The maximum Gasteiger partial charge on any atom is 0.191 e. The molecule has 2 aromatic carbocycles. The predicted molar refractivity (Wildman–Crippen MR) is 124 cm³/mol. The highest BCUT2D eigenvalue weighted by Crippen LogP contribution is 2.41. The van der Waals surface area contributed by atoms with Crippen molar-refractivity contribution in [3.63, 3.8) is 0 Å². The Morgan fingerprint density at radius 3 is 2.40 bits per heavy atom. The number of nitrogens with one attached hydrogen (secondary N) is 2. The molecule has 4 heterocycles. The molecule has 2 unspecified atom stereocenters. The molecule has 4 bridgehead atoms. The van der Waals surface area contributed by atoms with Gasteiger partial charge in [0.1, 0.15) is 5.75 Å². The van der Waals surface area contributed by atoms with Crippen LogP contribution in [0.25, 0.3) is 0 Å². The lowest BCUT2D eigenvalue weighted by Crippen LogP contribution is -2.64. The molecule has 2 N–H and O–H groups in total. The molecule has 2 atom stereocenters. The summed E-state index contributed by atoms with van der Waals surface area (Å²) < 4.78 is 5.41. The van der Waals surface area contributed by atoms with E-state index in [4.69, 9.17) is 22.1 Å². The molecule has 0 radical (unpaired) electrons. The van der Waals surface area contributed by atoms with Crippen LogP contribution in [-0.4, -0.2) is 67.0 Å². The molecule has 2 aromatic rings. The third kappa shape index (κ3) is 3.47. The Hall–Kier alpha value is -2.48. The molecule has 0 saturated carbocycles. The molecule has 30 heavy (non-hydrogen) atoms. The lowest BCUT2D eigenvalue weighted by Gasteiger charge is -2.50. The monoisotopic (exact) mass is 421 g/mol.